The molecular formula is C21H30N4O3. The summed E-state index contributed by atoms with van der Waals surface area (Å²) in [5.41, 5.74) is 3.25. The number of likely N-dealkylation sites (N-methyl/N-ethyl adjacent to an activating group) is 2. The van der Waals surface area contributed by atoms with E-state index in [1.54, 1.807) is 18.9 Å². The number of carbonyl (C=O) groups excluding carboxylic acids is 2. The number of nitrogens with zero attached hydrogens (tertiary/aromatic N) is 3. The van der Waals surface area contributed by atoms with Gasteiger partial charge in [0, 0.05) is 45.5 Å². The predicted molar refractivity (Wildman–Crippen MR) is 108 cm³/mol. The van der Waals surface area contributed by atoms with Gasteiger partial charge in [0.05, 0.1) is 18.2 Å². The van der Waals surface area contributed by atoms with Gasteiger partial charge in [-0.05, 0) is 26.5 Å². The van der Waals surface area contributed by atoms with Crippen molar-refractivity contribution in [2.75, 3.05) is 53.4 Å². The zero-order valence-electron chi connectivity index (χ0n) is 17.2. The molecule has 152 valence electrons. The van der Waals surface area contributed by atoms with Gasteiger partial charge in [-0.2, -0.15) is 0 Å². The topological polar surface area (TPSA) is 65.1 Å². The number of piperazine rings is 1. The van der Waals surface area contributed by atoms with Gasteiger partial charge in [0.15, 0.2) is 0 Å². The molecule has 3 rings (SSSR count). The average molecular weight is 386 g/mol. The zero-order valence-corrected chi connectivity index (χ0v) is 17.2. The molecule has 7 heteroatoms. The van der Waals surface area contributed by atoms with Crippen LogP contribution >= 0.6 is 0 Å². The van der Waals surface area contributed by atoms with Crippen molar-refractivity contribution in [2.24, 2.45) is 0 Å². The Balaban J connectivity index is 2.00. The molecule has 0 spiro atoms. The fourth-order valence-corrected chi connectivity index (χ4v) is 3.62. The maximum atomic E-state index is 12.9. The van der Waals surface area contributed by atoms with Crippen LogP contribution in [0.1, 0.15) is 24.1 Å². The lowest BCUT2D eigenvalue weighted by molar-refractivity contribution is -0.139. The van der Waals surface area contributed by atoms with Crippen LogP contribution in [0.5, 0.6) is 0 Å². The van der Waals surface area contributed by atoms with E-state index in [4.69, 9.17) is 4.74 Å². The molecule has 1 N–H and O–H groups in total. The second-order valence-electron chi connectivity index (χ2n) is 7.51. The highest BCUT2D eigenvalue weighted by Crippen LogP contribution is 2.31. The third kappa shape index (κ3) is 4.36. The number of benzene rings is 1. The van der Waals surface area contributed by atoms with Crippen molar-refractivity contribution in [1.82, 2.24) is 20.0 Å². The normalized spacial score (nSPS) is 21.6. The molecule has 0 aromatic heterocycles. The van der Waals surface area contributed by atoms with Gasteiger partial charge >= 0.3 is 12.0 Å². The first kappa shape index (κ1) is 20.4. The Hall–Kier alpha value is -2.38. The highest BCUT2D eigenvalue weighted by atomic mass is 16.5. The van der Waals surface area contributed by atoms with Crippen LogP contribution in [0.4, 0.5) is 4.79 Å². The number of urea groups is 1. The van der Waals surface area contributed by atoms with E-state index < -0.39 is 6.04 Å². The van der Waals surface area contributed by atoms with E-state index in [1.165, 1.54) is 0 Å². The van der Waals surface area contributed by atoms with Crippen LogP contribution in [0.25, 0.3) is 0 Å². The quantitative estimate of drug-likeness (QED) is 0.781. The average Bonchev–Trinajstić information content (AvgIpc) is 2.67. The van der Waals surface area contributed by atoms with Crippen LogP contribution in [0.2, 0.25) is 0 Å². The number of rotatable bonds is 5. The lowest BCUT2D eigenvalue weighted by atomic mass is 9.93. The molecule has 0 aliphatic carbocycles. The maximum absolute atomic E-state index is 12.9. The minimum absolute atomic E-state index is 0.206. The standard InChI is InChI=1S/C21H30N4O3/c1-5-28-20(26)18-17(14-25-12-10-23(3)11-13-25)24(4)21(27)22-19(18)16-8-6-15(2)7-9-16/h6-9,19H,5,10-14H2,1-4H3,(H,22,27)/t19-/m0/s1. The van der Waals surface area contributed by atoms with E-state index in [1.807, 2.05) is 31.2 Å². The summed E-state index contributed by atoms with van der Waals surface area (Å²) in [5, 5.41) is 2.97. The van der Waals surface area contributed by atoms with E-state index in [0.29, 0.717) is 18.7 Å². The van der Waals surface area contributed by atoms with Crippen molar-refractivity contribution in [1.29, 1.82) is 0 Å². The minimum atomic E-state index is -0.509. The predicted octanol–water partition coefficient (Wildman–Crippen LogP) is 1.76. The van der Waals surface area contributed by atoms with Crippen molar-refractivity contribution in [2.45, 2.75) is 19.9 Å². The van der Waals surface area contributed by atoms with Gasteiger partial charge in [-0.25, -0.2) is 9.59 Å². The molecule has 1 saturated heterocycles. The first-order valence-corrected chi connectivity index (χ1v) is 9.82. The highest BCUT2D eigenvalue weighted by molar-refractivity contribution is 5.95. The summed E-state index contributed by atoms with van der Waals surface area (Å²) < 4.78 is 5.38. The molecule has 0 unspecified atom stereocenters. The Morgan fingerprint density at radius 1 is 1.14 bits per heavy atom. The number of nitrogens with one attached hydrogen (secondary N) is 1. The largest absolute Gasteiger partial charge is 0.463 e. The molecule has 7 nitrogen and oxygen atoms in total. The maximum Gasteiger partial charge on any atom is 0.338 e. The molecule has 2 aliphatic heterocycles. The SMILES string of the molecule is CCOC(=O)C1=C(CN2CCN(C)CC2)N(C)C(=O)N[C@H]1c1ccc(C)cc1. The summed E-state index contributed by atoms with van der Waals surface area (Å²) in [6.45, 7) is 8.40. The van der Waals surface area contributed by atoms with E-state index in [-0.39, 0.29) is 12.0 Å². The van der Waals surface area contributed by atoms with Gasteiger partial charge in [0.1, 0.15) is 0 Å². The third-order valence-corrected chi connectivity index (χ3v) is 5.45. The fourth-order valence-electron chi connectivity index (χ4n) is 3.62. The second kappa shape index (κ2) is 8.75. The number of hydrogen-bond acceptors (Lipinski definition) is 5. The van der Waals surface area contributed by atoms with Crippen molar-refractivity contribution in [3.63, 3.8) is 0 Å². The van der Waals surface area contributed by atoms with Gasteiger partial charge < -0.3 is 15.0 Å². The van der Waals surface area contributed by atoms with E-state index in [9.17, 15) is 9.59 Å². The summed E-state index contributed by atoms with van der Waals surface area (Å²) in [4.78, 5) is 31.7. The van der Waals surface area contributed by atoms with Crippen LogP contribution in [-0.4, -0.2) is 80.1 Å². The molecule has 2 heterocycles. The number of esters is 1. The van der Waals surface area contributed by atoms with Gasteiger partial charge in [0.25, 0.3) is 0 Å². The minimum Gasteiger partial charge on any atom is -0.463 e. The molecular weight excluding hydrogens is 356 g/mol. The van der Waals surface area contributed by atoms with E-state index >= 15 is 0 Å². The molecule has 0 saturated carbocycles. The molecule has 1 atom stereocenters. The third-order valence-electron chi connectivity index (χ3n) is 5.45. The highest BCUT2D eigenvalue weighted by Gasteiger charge is 2.37. The first-order valence-electron chi connectivity index (χ1n) is 9.82. The van der Waals surface area contributed by atoms with Crippen LogP contribution in [0, 0.1) is 6.92 Å². The first-order chi connectivity index (χ1) is 13.4. The molecule has 0 bridgehead atoms. The van der Waals surface area contributed by atoms with Crippen molar-refractivity contribution < 1.29 is 14.3 Å². The van der Waals surface area contributed by atoms with Crippen molar-refractivity contribution >= 4 is 12.0 Å². The Morgan fingerprint density at radius 2 is 1.79 bits per heavy atom. The number of carbonyl (C=O) groups is 2. The lowest BCUT2D eigenvalue weighted by Gasteiger charge is -2.38. The molecule has 2 aliphatic rings. The summed E-state index contributed by atoms with van der Waals surface area (Å²) in [6, 6.07) is 7.18. The van der Waals surface area contributed by atoms with Gasteiger partial charge in [0.2, 0.25) is 0 Å². The number of aryl methyl sites for hydroxylation is 1. The molecule has 1 fully saturated rings. The Kier molecular flexibility index (Phi) is 6.36. The van der Waals surface area contributed by atoms with Crippen LogP contribution in [0.3, 0.4) is 0 Å². The van der Waals surface area contributed by atoms with Crippen molar-refractivity contribution in [3.8, 4) is 0 Å². The van der Waals surface area contributed by atoms with Crippen LogP contribution in [0.15, 0.2) is 35.5 Å². The fraction of sp³-hybridized carbons (Fsp3) is 0.524. The summed E-state index contributed by atoms with van der Waals surface area (Å²) in [7, 11) is 3.82. The smallest absolute Gasteiger partial charge is 0.338 e. The van der Waals surface area contributed by atoms with E-state index in [0.717, 1.165) is 43.0 Å². The van der Waals surface area contributed by atoms with Crippen LogP contribution < -0.4 is 5.32 Å². The Bertz CT molecular complexity index is 751. The van der Waals surface area contributed by atoms with Crippen LogP contribution in [-0.2, 0) is 9.53 Å². The molecule has 0 radical (unpaired) electrons. The van der Waals surface area contributed by atoms with Gasteiger partial charge in [-0.3, -0.25) is 9.80 Å². The molecule has 28 heavy (non-hydrogen) atoms. The number of hydrogen-bond donors (Lipinski definition) is 1. The molecule has 1 aromatic rings. The second-order valence-corrected chi connectivity index (χ2v) is 7.51. The number of amides is 2. The summed E-state index contributed by atoms with van der Waals surface area (Å²) in [5.74, 6) is -0.371. The van der Waals surface area contributed by atoms with E-state index in [2.05, 4.69) is 22.2 Å². The lowest BCUT2D eigenvalue weighted by Crippen LogP contribution is -2.51. The summed E-state index contributed by atoms with van der Waals surface area (Å²) >= 11 is 0. The van der Waals surface area contributed by atoms with Gasteiger partial charge in [-0.15, -0.1) is 0 Å². The zero-order chi connectivity index (χ0) is 20.3. The number of ether oxygens (including phenoxy) is 1. The molecule has 2 amide bonds. The Labute approximate surface area is 166 Å². The Morgan fingerprint density at radius 3 is 2.39 bits per heavy atom. The molecule has 1 aromatic carbocycles. The summed E-state index contributed by atoms with van der Waals surface area (Å²) in [6.07, 6.45) is 0. The monoisotopic (exact) mass is 386 g/mol. The van der Waals surface area contributed by atoms with Gasteiger partial charge in [-0.1, -0.05) is 29.8 Å². The van der Waals surface area contributed by atoms with Crippen molar-refractivity contribution in [3.05, 3.63) is 46.7 Å².